The van der Waals surface area contributed by atoms with Gasteiger partial charge in [0.05, 0.1) is 13.0 Å². The number of hydrogen-bond acceptors (Lipinski definition) is 4. The fraction of sp³-hybridized carbons (Fsp3) is 0.619. The van der Waals surface area contributed by atoms with Gasteiger partial charge in [-0.15, -0.1) is 0 Å². The lowest BCUT2D eigenvalue weighted by Crippen LogP contribution is -2.49. The Bertz CT molecular complexity index is 701. The summed E-state index contributed by atoms with van der Waals surface area (Å²) in [4.78, 5) is 18.5. The number of carbonyl (C=O) groups is 1. The Morgan fingerprint density at radius 3 is 2.61 bits per heavy atom. The van der Waals surface area contributed by atoms with Crippen molar-refractivity contribution in [3.05, 3.63) is 35.6 Å². The van der Waals surface area contributed by atoms with Crippen LogP contribution >= 0.6 is 0 Å². The standard InChI is InChI=1S/C21H30FN3O3/c1-15-12-25(13-18(15)19(26)27-3)20(23-2)24-14-21(8-10-28-11-9-21)16-4-6-17(22)7-5-16/h4-7,15,18H,8-14H2,1-3H3,(H,23,24). The molecule has 0 saturated carbocycles. The monoisotopic (exact) mass is 391 g/mol. The summed E-state index contributed by atoms with van der Waals surface area (Å²) in [5.74, 6) is 0.455. The highest BCUT2D eigenvalue weighted by atomic mass is 19.1. The number of benzene rings is 1. The molecule has 0 aromatic heterocycles. The molecule has 0 spiro atoms. The topological polar surface area (TPSA) is 63.2 Å². The number of ether oxygens (including phenoxy) is 2. The minimum atomic E-state index is -0.227. The fourth-order valence-corrected chi connectivity index (χ4v) is 4.31. The molecule has 2 saturated heterocycles. The van der Waals surface area contributed by atoms with Crippen LogP contribution in [0.15, 0.2) is 29.3 Å². The number of likely N-dealkylation sites (tertiary alicyclic amines) is 1. The molecule has 2 heterocycles. The van der Waals surface area contributed by atoms with Crippen LogP contribution in [0, 0.1) is 17.7 Å². The highest BCUT2D eigenvalue weighted by Gasteiger charge is 2.39. The van der Waals surface area contributed by atoms with E-state index < -0.39 is 0 Å². The lowest BCUT2D eigenvalue weighted by atomic mass is 9.74. The van der Waals surface area contributed by atoms with Crippen LogP contribution in [-0.4, -0.2) is 63.8 Å². The first-order chi connectivity index (χ1) is 13.5. The number of halogens is 1. The zero-order valence-electron chi connectivity index (χ0n) is 16.9. The highest BCUT2D eigenvalue weighted by Crippen LogP contribution is 2.34. The van der Waals surface area contributed by atoms with Crippen LogP contribution < -0.4 is 5.32 Å². The molecule has 154 valence electrons. The molecule has 1 N–H and O–H groups in total. The molecule has 0 bridgehead atoms. The van der Waals surface area contributed by atoms with E-state index in [0.717, 1.165) is 30.9 Å². The summed E-state index contributed by atoms with van der Waals surface area (Å²) in [5, 5.41) is 3.51. The summed E-state index contributed by atoms with van der Waals surface area (Å²) >= 11 is 0. The van der Waals surface area contributed by atoms with Gasteiger partial charge < -0.3 is 19.7 Å². The smallest absolute Gasteiger partial charge is 0.310 e. The zero-order chi connectivity index (χ0) is 20.1. The zero-order valence-corrected chi connectivity index (χ0v) is 16.9. The summed E-state index contributed by atoms with van der Waals surface area (Å²) in [6, 6.07) is 6.78. The summed E-state index contributed by atoms with van der Waals surface area (Å²) in [6.45, 7) is 5.47. The van der Waals surface area contributed by atoms with Crippen molar-refractivity contribution in [2.45, 2.75) is 25.2 Å². The number of nitrogens with zero attached hydrogens (tertiary/aromatic N) is 2. The predicted octanol–water partition coefficient (Wildman–Crippen LogP) is 2.19. The van der Waals surface area contributed by atoms with E-state index in [4.69, 9.17) is 9.47 Å². The molecule has 2 aliphatic heterocycles. The largest absolute Gasteiger partial charge is 0.469 e. The molecule has 6 nitrogen and oxygen atoms in total. The maximum atomic E-state index is 13.4. The van der Waals surface area contributed by atoms with E-state index in [0.29, 0.717) is 26.3 Å². The van der Waals surface area contributed by atoms with Crippen molar-refractivity contribution in [2.24, 2.45) is 16.8 Å². The summed E-state index contributed by atoms with van der Waals surface area (Å²) in [6.07, 6.45) is 1.73. The Kier molecular flexibility index (Phi) is 6.54. The van der Waals surface area contributed by atoms with Crippen molar-refractivity contribution < 1.29 is 18.7 Å². The molecule has 0 amide bonds. The quantitative estimate of drug-likeness (QED) is 0.484. The van der Waals surface area contributed by atoms with Crippen LogP contribution in [0.1, 0.15) is 25.3 Å². The van der Waals surface area contributed by atoms with E-state index in [1.54, 1.807) is 7.05 Å². The Balaban J connectivity index is 1.72. The van der Waals surface area contributed by atoms with Gasteiger partial charge in [-0.2, -0.15) is 0 Å². The minimum absolute atomic E-state index is 0.130. The highest BCUT2D eigenvalue weighted by molar-refractivity contribution is 5.82. The van der Waals surface area contributed by atoms with Gasteiger partial charge in [0, 0.05) is 45.3 Å². The third-order valence-electron chi connectivity index (χ3n) is 6.12. The first-order valence-electron chi connectivity index (χ1n) is 9.86. The lowest BCUT2D eigenvalue weighted by Gasteiger charge is -2.39. The fourth-order valence-electron chi connectivity index (χ4n) is 4.31. The van der Waals surface area contributed by atoms with E-state index in [-0.39, 0.29) is 29.0 Å². The van der Waals surface area contributed by atoms with Gasteiger partial charge in [-0.3, -0.25) is 9.79 Å². The number of guanidine groups is 1. The third-order valence-corrected chi connectivity index (χ3v) is 6.12. The van der Waals surface area contributed by atoms with Crippen molar-refractivity contribution in [1.29, 1.82) is 0 Å². The number of nitrogens with one attached hydrogen (secondary N) is 1. The average molecular weight is 391 g/mol. The maximum Gasteiger partial charge on any atom is 0.310 e. The minimum Gasteiger partial charge on any atom is -0.469 e. The second kappa shape index (κ2) is 8.90. The van der Waals surface area contributed by atoms with Gasteiger partial charge in [0.15, 0.2) is 5.96 Å². The molecular weight excluding hydrogens is 361 g/mol. The second-order valence-corrected chi connectivity index (χ2v) is 7.81. The van der Waals surface area contributed by atoms with Gasteiger partial charge in [-0.05, 0) is 36.5 Å². The molecule has 3 rings (SSSR count). The van der Waals surface area contributed by atoms with E-state index >= 15 is 0 Å². The van der Waals surface area contributed by atoms with Gasteiger partial charge in [0.1, 0.15) is 5.82 Å². The summed E-state index contributed by atoms with van der Waals surface area (Å²) in [5.41, 5.74) is 0.983. The maximum absolute atomic E-state index is 13.4. The van der Waals surface area contributed by atoms with Crippen LogP contribution in [0.25, 0.3) is 0 Å². The Morgan fingerprint density at radius 1 is 1.32 bits per heavy atom. The number of aliphatic imine (C=N–C) groups is 1. The molecule has 2 atom stereocenters. The SMILES string of the molecule is CN=C(NCC1(c2ccc(F)cc2)CCOCC1)N1CC(C)C(C(=O)OC)C1. The van der Waals surface area contributed by atoms with E-state index in [2.05, 4.69) is 22.1 Å². The van der Waals surface area contributed by atoms with Crippen molar-refractivity contribution in [2.75, 3.05) is 47.0 Å². The number of methoxy groups -OCH3 is 1. The predicted molar refractivity (Wildman–Crippen MR) is 106 cm³/mol. The molecule has 28 heavy (non-hydrogen) atoms. The number of esters is 1. The van der Waals surface area contributed by atoms with Crippen molar-refractivity contribution in [3.8, 4) is 0 Å². The van der Waals surface area contributed by atoms with Crippen LogP contribution in [0.5, 0.6) is 0 Å². The number of carbonyl (C=O) groups excluding carboxylic acids is 1. The molecule has 1 aromatic carbocycles. The molecule has 2 fully saturated rings. The molecular formula is C21H30FN3O3. The van der Waals surface area contributed by atoms with E-state index in [1.807, 2.05) is 12.1 Å². The van der Waals surface area contributed by atoms with Crippen LogP contribution in [0.3, 0.4) is 0 Å². The number of hydrogen-bond donors (Lipinski definition) is 1. The molecule has 0 radical (unpaired) electrons. The third kappa shape index (κ3) is 4.29. The van der Waals surface area contributed by atoms with Crippen LogP contribution in [0.4, 0.5) is 4.39 Å². The van der Waals surface area contributed by atoms with Gasteiger partial charge in [0.25, 0.3) is 0 Å². The molecule has 7 heteroatoms. The summed E-state index contributed by atoms with van der Waals surface area (Å²) < 4.78 is 23.9. The van der Waals surface area contributed by atoms with Crippen molar-refractivity contribution >= 4 is 11.9 Å². The van der Waals surface area contributed by atoms with Gasteiger partial charge in [-0.25, -0.2) is 4.39 Å². The van der Waals surface area contributed by atoms with Crippen LogP contribution in [0.2, 0.25) is 0 Å². The number of rotatable bonds is 4. The molecule has 2 aliphatic rings. The van der Waals surface area contributed by atoms with Crippen LogP contribution in [-0.2, 0) is 19.7 Å². The Hall–Kier alpha value is -2.15. The molecule has 2 unspecified atom stereocenters. The first kappa shape index (κ1) is 20.6. The Morgan fingerprint density at radius 2 is 2.00 bits per heavy atom. The average Bonchev–Trinajstić information content (AvgIpc) is 3.10. The first-order valence-corrected chi connectivity index (χ1v) is 9.86. The van der Waals surface area contributed by atoms with Gasteiger partial charge >= 0.3 is 5.97 Å². The second-order valence-electron chi connectivity index (χ2n) is 7.81. The van der Waals surface area contributed by atoms with Crippen molar-refractivity contribution in [1.82, 2.24) is 10.2 Å². The molecule has 1 aromatic rings. The summed E-state index contributed by atoms with van der Waals surface area (Å²) in [7, 11) is 3.19. The Labute approximate surface area is 166 Å². The van der Waals surface area contributed by atoms with E-state index in [1.165, 1.54) is 19.2 Å². The normalized spacial score (nSPS) is 24.9. The van der Waals surface area contributed by atoms with E-state index in [9.17, 15) is 9.18 Å². The van der Waals surface area contributed by atoms with Gasteiger partial charge in [-0.1, -0.05) is 19.1 Å². The molecule has 0 aliphatic carbocycles. The van der Waals surface area contributed by atoms with Crippen molar-refractivity contribution in [3.63, 3.8) is 0 Å². The van der Waals surface area contributed by atoms with Gasteiger partial charge in [0.2, 0.25) is 0 Å². The lowest BCUT2D eigenvalue weighted by molar-refractivity contribution is -0.145.